The first-order valence-corrected chi connectivity index (χ1v) is 7.97. The first kappa shape index (κ1) is 16.0. The Morgan fingerprint density at radius 2 is 2.04 bits per heavy atom. The van der Waals surface area contributed by atoms with Crippen LogP contribution in [0.5, 0.6) is 0 Å². The normalized spacial score (nSPS) is 11.0. The van der Waals surface area contributed by atoms with Gasteiger partial charge in [-0.15, -0.1) is 0 Å². The van der Waals surface area contributed by atoms with Crippen LogP contribution in [-0.2, 0) is 4.74 Å². The summed E-state index contributed by atoms with van der Waals surface area (Å²) in [5.41, 5.74) is 3.33. The molecule has 24 heavy (non-hydrogen) atoms. The lowest BCUT2D eigenvalue weighted by Crippen LogP contribution is -2.09. The highest BCUT2D eigenvalue weighted by molar-refractivity contribution is 6.02. The van der Waals surface area contributed by atoms with Crippen LogP contribution in [0, 0.1) is 0 Å². The fraction of sp³-hybridized carbons (Fsp3) is 0.278. The Hall–Kier alpha value is -2.89. The van der Waals surface area contributed by atoms with E-state index in [0.717, 1.165) is 11.3 Å². The largest absolute Gasteiger partial charge is 0.462 e. The summed E-state index contributed by atoms with van der Waals surface area (Å²) in [6, 6.07) is 9.95. The lowest BCUT2D eigenvalue weighted by molar-refractivity contribution is 0.0529. The molecule has 1 N–H and O–H groups in total. The molecule has 2 aromatic heterocycles. The van der Waals surface area contributed by atoms with Crippen molar-refractivity contribution < 1.29 is 9.53 Å². The van der Waals surface area contributed by atoms with Crippen molar-refractivity contribution in [3.05, 3.63) is 48.3 Å². The number of nitrogens with one attached hydrogen (secondary N) is 1. The van der Waals surface area contributed by atoms with Crippen LogP contribution in [-0.4, -0.2) is 33.2 Å². The van der Waals surface area contributed by atoms with E-state index in [4.69, 9.17) is 4.74 Å². The van der Waals surface area contributed by atoms with Gasteiger partial charge in [-0.2, -0.15) is 5.10 Å². The van der Waals surface area contributed by atoms with Crippen LogP contribution in [0.4, 0.5) is 5.69 Å². The number of ether oxygens (including phenoxy) is 1. The number of rotatable bonds is 5. The molecule has 0 atom stereocenters. The zero-order valence-corrected chi connectivity index (χ0v) is 14.0. The van der Waals surface area contributed by atoms with Crippen LogP contribution in [0.15, 0.2) is 42.7 Å². The van der Waals surface area contributed by atoms with Gasteiger partial charge >= 0.3 is 5.97 Å². The van der Waals surface area contributed by atoms with Gasteiger partial charge in [0.2, 0.25) is 0 Å². The van der Waals surface area contributed by atoms with Crippen molar-refractivity contribution in [3.8, 4) is 11.3 Å². The fourth-order valence-corrected chi connectivity index (χ4v) is 2.54. The highest BCUT2D eigenvalue weighted by Crippen LogP contribution is 2.27. The van der Waals surface area contributed by atoms with Gasteiger partial charge in [0, 0.05) is 29.7 Å². The molecule has 0 radical (unpaired) electrons. The molecule has 0 bridgehead atoms. The van der Waals surface area contributed by atoms with Crippen LogP contribution in [0.1, 0.15) is 31.1 Å². The number of nitrogens with zero attached hydrogens (tertiary/aromatic N) is 3. The monoisotopic (exact) mass is 324 g/mol. The van der Waals surface area contributed by atoms with E-state index < -0.39 is 5.97 Å². The van der Waals surface area contributed by atoms with Crippen LogP contribution >= 0.6 is 0 Å². The van der Waals surface area contributed by atoms with Gasteiger partial charge in [0.25, 0.3) is 0 Å². The number of esters is 1. The number of carbonyl (C=O) groups is 1. The smallest absolute Gasteiger partial charge is 0.344 e. The molecule has 0 saturated heterocycles. The zero-order chi connectivity index (χ0) is 17.1. The van der Waals surface area contributed by atoms with Gasteiger partial charge in [-0.3, -0.25) is 0 Å². The maximum Gasteiger partial charge on any atom is 0.344 e. The number of carbonyl (C=O) groups excluding carboxylic acids is 1. The quantitative estimate of drug-likeness (QED) is 0.729. The third-order valence-electron chi connectivity index (χ3n) is 3.49. The highest BCUT2D eigenvalue weighted by Gasteiger charge is 2.23. The molecule has 0 aliphatic rings. The molecule has 3 rings (SSSR count). The minimum Gasteiger partial charge on any atom is -0.462 e. The van der Waals surface area contributed by atoms with Gasteiger partial charge in [-0.05, 0) is 39.0 Å². The van der Waals surface area contributed by atoms with E-state index in [1.165, 1.54) is 0 Å². The number of hydrogen-bond acceptors (Lipinski definition) is 5. The maximum absolute atomic E-state index is 12.4. The molecule has 0 saturated carbocycles. The Kier molecular flexibility index (Phi) is 4.46. The number of hydrogen-bond donors (Lipinski definition) is 1. The second kappa shape index (κ2) is 6.70. The summed E-state index contributed by atoms with van der Waals surface area (Å²) in [4.78, 5) is 16.7. The summed E-state index contributed by atoms with van der Waals surface area (Å²) in [7, 11) is 0. The topological polar surface area (TPSA) is 68.5 Å². The van der Waals surface area contributed by atoms with E-state index >= 15 is 0 Å². The van der Waals surface area contributed by atoms with E-state index in [2.05, 4.69) is 29.2 Å². The number of benzene rings is 1. The number of anilines is 1. The van der Waals surface area contributed by atoms with Gasteiger partial charge in [-0.1, -0.05) is 12.1 Å². The summed E-state index contributed by atoms with van der Waals surface area (Å²) < 4.78 is 6.79. The van der Waals surface area contributed by atoms with Crippen molar-refractivity contribution >= 4 is 17.3 Å². The molecule has 0 amide bonds. The molecule has 0 aliphatic heterocycles. The van der Waals surface area contributed by atoms with Crippen molar-refractivity contribution in [2.45, 2.75) is 26.8 Å². The average molecular weight is 324 g/mol. The Labute approximate surface area is 140 Å². The predicted octanol–water partition coefficient (Wildman–Crippen LogP) is 3.39. The average Bonchev–Trinajstić information content (AvgIpc) is 2.94. The molecular formula is C18H20N4O2. The summed E-state index contributed by atoms with van der Waals surface area (Å²) in [5.74, 6) is -0.411. The maximum atomic E-state index is 12.4. The predicted molar refractivity (Wildman–Crippen MR) is 93.1 cm³/mol. The van der Waals surface area contributed by atoms with E-state index in [1.54, 1.807) is 29.9 Å². The van der Waals surface area contributed by atoms with E-state index in [1.807, 2.05) is 24.3 Å². The number of fused-ring (bicyclic) bond motifs is 1. The third kappa shape index (κ3) is 3.08. The molecular weight excluding hydrogens is 304 g/mol. The van der Waals surface area contributed by atoms with E-state index in [9.17, 15) is 4.79 Å². The minimum atomic E-state index is -0.411. The highest BCUT2D eigenvalue weighted by atomic mass is 16.5. The number of aromatic nitrogens is 3. The molecule has 0 spiro atoms. The van der Waals surface area contributed by atoms with Crippen LogP contribution < -0.4 is 5.32 Å². The molecule has 1 aromatic carbocycles. The molecule has 0 fully saturated rings. The first-order chi connectivity index (χ1) is 11.6. The Balaban J connectivity index is 2.08. The van der Waals surface area contributed by atoms with Gasteiger partial charge < -0.3 is 10.1 Å². The zero-order valence-electron chi connectivity index (χ0n) is 14.0. The Bertz CT molecular complexity index is 853. The standard InChI is InChI=1S/C18H20N4O2/c1-4-24-18(23)15-16(21-22-11-5-10-19-17(15)22)13-6-8-14(9-7-13)20-12(2)3/h5-12,20H,4H2,1-3H3. The van der Waals surface area contributed by atoms with Crippen molar-refractivity contribution in [1.82, 2.24) is 14.6 Å². The molecule has 2 heterocycles. The Morgan fingerprint density at radius 1 is 1.29 bits per heavy atom. The third-order valence-corrected chi connectivity index (χ3v) is 3.49. The second-order valence-corrected chi connectivity index (χ2v) is 5.71. The van der Waals surface area contributed by atoms with Crippen molar-refractivity contribution in [2.24, 2.45) is 0 Å². The molecule has 0 aliphatic carbocycles. The lowest BCUT2D eigenvalue weighted by Gasteiger charge is -2.10. The van der Waals surface area contributed by atoms with Crippen molar-refractivity contribution in [3.63, 3.8) is 0 Å². The van der Waals surface area contributed by atoms with E-state index in [0.29, 0.717) is 29.6 Å². The van der Waals surface area contributed by atoms with Gasteiger partial charge in [0.15, 0.2) is 5.65 Å². The summed E-state index contributed by atoms with van der Waals surface area (Å²) in [5, 5.41) is 7.85. The van der Waals surface area contributed by atoms with Gasteiger partial charge in [-0.25, -0.2) is 14.3 Å². The van der Waals surface area contributed by atoms with E-state index in [-0.39, 0.29) is 0 Å². The summed E-state index contributed by atoms with van der Waals surface area (Å²) in [6.07, 6.45) is 3.41. The molecule has 6 heteroatoms. The molecule has 124 valence electrons. The van der Waals surface area contributed by atoms with Crippen LogP contribution in [0.3, 0.4) is 0 Å². The van der Waals surface area contributed by atoms with Crippen molar-refractivity contribution in [2.75, 3.05) is 11.9 Å². The van der Waals surface area contributed by atoms with Crippen LogP contribution in [0.25, 0.3) is 16.9 Å². The summed E-state index contributed by atoms with van der Waals surface area (Å²) >= 11 is 0. The molecule has 6 nitrogen and oxygen atoms in total. The SMILES string of the molecule is CCOC(=O)c1c(-c2ccc(NC(C)C)cc2)nn2cccnc12. The molecule has 0 unspecified atom stereocenters. The van der Waals surface area contributed by atoms with Gasteiger partial charge in [0.05, 0.1) is 6.61 Å². The van der Waals surface area contributed by atoms with Crippen LogP contribution in [0.2, 0.25) is 0 Å². The molecule has 3 aromatic rings. The second-order valence-electron chi connectivity index (χ2n) is 5.71. The fourth-order valence-electron chi connectivity index (χ4n) is 2.54. The first-order valence-electron chi connectivity index (χ1n) is 7.97. The van der Waals surface area contributed by atoms with Gasteiger partial charge in [0.1, 0.15) is 11.3 Å². The van der Waals surface area contributed by atoms with Crippen molar-refractivity contribution in [1.29, 1.82) is 0 Å². The lowest BCUT2D eigenvalue weighted by atomic mass is 10.1. The Morgan fingerprint density at radius 3 is 2.71 bits per heavy atom. The summed E-state index contributed by atoms with van der Waals surface area (Å²) in [6.45, 7) is 6.25. The minimum absolute atomic E-state index is 0.305.